The molecule has 0 amide bonds. The fourth-order valence-electron chi connectivity index (χ4n) is 3.60. The summed E-state index contributed by atoms with van der Waals surface area (Å²) in [6, 6.07) is 9.29. The van der Waals surface area contributed by atoms with Gasteiger partial charge in [0.25, 0.3) is 0 Å². The van der Waals surface area contributed by atoms with Gasteiger partial charge < -0.3 is 10.1 Å². The van der Waals surface area contributed by atoms with E-state index < -0.39 is 0 Å². The average Bonchev–Trinajstić information content (AvgIpc) is 2.46. The van der Waals surface area contributed by atoms with Crippen molar-refractivity contribution in [2.45, 2.75) is 63.3 Å². The SMILES string of the molecule is c1ccc2c(c1)OCCC2CNC1CCCCCCC1. The van der Waals surface area contributed by atoms with E-state index in [4.69, 9.17) is 4.74 Å². The molecule has 3 rings (SSSR count). The van der Waals surface area contributed by atoms with Crippen molar-refractivity contribution in [3.63, 3.8) is 0 Å². The largest absolute Gasteiger partial charge is 0.493 e. The minimum absolute atomic E-state index is 0.630. The van der Waals surface area contributed by atoms with Gasteiger partial charge >= 0.3 is 0 Å². The molecule has 1 aliphatic heterocycles. The van der Waals surface area contributed by atoms with E-state index in [0.717, 1.165) is 31.4 Å². The lowest BCUT2D eigenvalue weighted by Gasteiger charge is -2.28. The third-order valence-electron chi connectivity index (χ3n) is 4.84. The Morgan fingerprint density at radius 2 is 1.70 bits per heavy atom. The molecule has 1 saturated carbocycles. The number of ether oxygens (including phenoxy) is 1. The standard InChI is InChI=1S/C18H27NO/c1-2-4-8-16(9-5-3-1)19-14-15-12-13-20-18-11-7-6-10-17(15)18/h6-7,10-11,15-16,19H,1-5,8-9,12-14H2. The molecule has 2 heteroatoms. The van der Waals surface area contributed by atoms with Crippen molar-refractivity contribution in [3.8, 4) is 5.75 Å². The lowest BCUT2D eigenvalue weighted by molar-refractivity contribution is 0.259. The molecule has 0 radical (unpaired) electrons. The van der Waals surface area contributed by atoms with Gasteiger partial charge in [-0.15, -0.1) is 0 Å². The molecule has 110 valence electrons. The van der Waals surface area contributed by atoms with Crippen LogP contribution in [0.1, 0.15) is 62.8 Å². The zero-order valence-electron chi connectivity index (χ0n) is 12.4. The van der Waals surface area contributed by atoms with Crippen LogP contribution in [0.4, 0.5) is 0 Å². The second-order valence-corrected chi connectivity index (χ2v) is 6.32. The molecule has 2 nitrogen and oxygen atoms in total. The molecule has 0 spiro atoms. The molecule has 1 heterocycles. The molecule has 1 fully saturated rings. The fourth-order valence-corrected chi connectivity index (χ4v) is 3.60. The molecule has 0 aromatic heterocycles. The first-order valence-corrected chi connectivity index (χ1v) is 8.38. The Morgan fingerprint density at radius 1 is 0.950 bits per heavy atom. The molecule has 1 N–H and O–H groups in total. The van der Waals surface area contributed by atoms with Gasteiger partial charge in [-0.05, 0) is 30.9 Å². The molecule has 1 atom stereocenters. The first-order valence-electron chi connectivity index (χ1n) is 8.38. The molecular weight excluding hydrogens is 246 g/mol. The lowest BCUT2D eigenvalue weighted by atomic mass is 9.91. The number of para-hydroxylation sites is 1. The van der Waals surface area contributed by atoms with E-state index in [1.54, 1.807) is 0 Å². The summed E-state index contributed by atoms with van der Waals surface area (Å²) in [5.74, 6) is 1.73. The van der Waals surface area contributed by atoms with Crippen LogP contribution in [0.3, 0.4) is 0 Å². The summed E-state index contributed by atoms with van der Waals surface area (Å²) < 4.78 is 5.75. The van der Waals surface area contributed by atoms with Crippen molar-refractivity contribution < 1.29 is 4.74 Å². The number of nitrogens with one attached hydrogen (secondary N) is 1. The Morgan fingerprint density at radius 3 is 2.55 bits per heavy atom. The third-order valence-corrected chi connectivity index (χ3v) is 4.84. The molecule has 2 aliphatic rings. The number of benzene rings is 1. The van der Waals surface area contributed by atoms with E-state index in [-0.39, 0.29) is 0 Å². The highest BCUT2D eigenvalue weighted by Gasteiger charge is 2.22. The highest BCUT2D eigenvalue weighted by Crippen LogP contribution is 2.33. The van der Waals surface area contributed by atoms with E-state index in [2.05, 4.69) is 29.6 Å². The molecule has 0 bridgehead atoms. The van der Waals surface area contributed by atoms with Crippen LogP contribution in [0.5, 0.6) is 5.75 Å². The first-order chi connectivity index (χ1) is 9.93. The van der Waals surface area contributed by atoms with Crippen LogP contribution >= 0.6 is 0 Å². The van der Waals surface area contributed by atoms with Gasteiger partial charge in [0, 0.05) is 18.5 Å². The Hall–Kier alpha value is -1.02. The maximum atomic E-state index is 5.75. The van der Waals surface area contributed by atoms with Gasteiger partial charge in [0.15, 0.2) is 0 Å². The van der Waals surface area contributed by atoms with Crippen molar-refractivity contribution in [1.82, 2.24) is 5.32 Å². The van der Waals surface area contributed by atoms with Crippen molar-refractivity contribution in [3.05, 3.63) is 29.8 Å². The predicted molar refractivity (Wildman–Crippen MR) is 83.4 cm³/mol. The molecule has 0 saturated heterocycles. The first kappa shape index (κ1) is 13.9. The smallest absolute Gasteiger partial charge is 0.122 e. The maximum Gasteiger partial charge on any atom is 0.122 e. The van der Waals surface area contributed by atoms with E-state index in [0.29, 0.717) is 5.92 Å². The molecule has 1 unspecified atom stereocenters. The minimum atomic E-state index is 0.630. The Bertz CT molecular complexity index is 410. The zero-order chi connectivity index (χ0) is 13.6. The van der Waals surface area contributed by atoms with Crippen molar-refractivity contribution in [2.24, 2.45) is 0 Å². The van der Waals surface area contributed by atoms with E-state index in [1.165, 1.54) is 50.5 Å². The summed E-state index contributed by atoms with van der Waals surface area (Å²) in [6.45, 7) is 1.99. The van der Waals surface area contributed by atoms with Crippen LogP contribution in [0, 0.1) is 0 Å². The maximum absolute atomic E-state index is 5.75. The zero-order valence-corrected chi connectivity index (χ0v) is 12.4. The molecule has 1 aromatic rings. The second-order valence-electron chi connectivity index (χ2n) is 6.32. The topological polar surface area (TPSA) is 21.3 Å². The molecule has 20 heavy (non-hydrogen) atoms. The highest BCUT2D eigenvalue weighted by atomic mass is 16.5. The van der Waals surface area contributed by atoms with E-state index >= 15 is 0 Å². The normalized spacial score (nSPS) is 24.3. The second kappa shape index (κ2) is 7.12. The van der Waals surface area contributed by atoms with Gasteiger partial charge in [0.2, 0.25) is 0 Å². The predicted octanol–water partition coefficient (Wildman–Crippen LogP) is 4.26. The quantitative estimate of drug-likeness (QED) is 0.888. The van der Waals surface area contributed by atoms with Crippen molar-refractivity contribution >= 4 is 0 Å². The van der Waals surface area contributed by atoms with Crippen LogP contribution in [-0.4, -0.2) is 19.2 Å². The summed E-state index contributed by atoms with van der Waals surface area (Å²) in [4.78, 5) is 0. The summed E-state index contributed by atoms with van der Waals surface area (Å²) in [7, 11) is 0. The molecule has 1 aromatic carbocycles. The summed E-state index contributed by atoms with van der Waals surface area (Å²) in [6.07, 6.45) is 11.0. The van der Waals surface area contributed by atoms with Gasteiger partial charge in [0.1, 0.15) is 5.75 Å². The third kappa shape index (κ3) is 3.54. The van der Waals surface area contributed by atoms with Gasteiger partial charge in [-0.25, -0.2) is 0 Å². The van der Waals surface area contributed by atoms with Gasteiger partial charge in [-0.3, -0.25) is 0 Å². The lowest BCUT2D eigenvalue weighted by Crippen LogP contribution is -2.34. The van der Waals surface area contributed by atoms with Gasteiger partial charge in [-0.2, -0.15) is 0 Å². The van der Waals surface area contributed by atoms with Crippen molar-refractivity contribution in [1.29, 1.82) is 0 Å². The van der Waals surface area contributed by atoms with Gasteiger partial charge in [0.05, 0.1) is 6.61 Å². The Balaban J connectivity index is 1.55. The summed E-state index contributed by atoms with van der Waals surface area (Å²) in [5, 5.41) is 3.84. The average molecular weight is 273 g/mol. The monoisotopic (exact) mass is 273 g/mol. The number of hydrogen-bond donors (Lipinski definition) is 1. The van der Waals surface area contributed by atoms with Crippen LogP contribution in [-0.2, 0) is 0 Å². The van der Waals surface area contributed by atoms with E-state index in [1.807, 2.05) is 0 Å². The molecular formula is C18H27NO. The van der Waals surface area contributed by atoms with Crippen molar-refractivity contribution in [2.75, 3.05) is 13.2 Å². The number of hydrogen-bond acceptors (Lipinski definition) is 2. The van der Waals surface area contributed by atoms with Crippen LogP contribution in [0.2, 0.25) is 0 Å². The Labute approximate surface area is 122 Å². The Kier molecular flexibility index (Phi) is 4.96. The minimum Gasteiger partial charge on any atom is -0.493 e. The van der Waals surface area contributed by atoms with E-state index in [9.17, 15) is 0 Å². The van der Waals surface area contributed by atoms with Crippen LogP contribution in [0.15, 0.2) is 24.3 Å². The van der Waals surface area contributed by atoms with Crippen LogP contribution < -0.4 is 10.1 Å². The van der Waals surface area contributed by atoms with Crippen LogP contribution in [0.25, 0.3) is 0 Å². The van der Waals surface area contributed by atoms with Gasteiger partial charge in [-0.1, -0.05) is 50.3 Å². The molecule has 1 aliphatic carbocycles. The number of rotatable bonds is 3. The summed E-state index contributed by atoms with van der Waals surface area (Å²) in [5.41, 5.74) is 1.40. The number of fused-ring (bicyclic) bond motifs is 1. The fraction of sp³-hybridized carbons (Fsp3) is 0.667. The highest BCUT2D eigenvalue weighted by molar-refractivity contribution is 5.37. The summed E-state index contributed by atoms with van der Waals surface area (Å²) >= 11 is 0.